The van der Waals surface area contributed by atoms with Gasteiger partial charge in [0.05, 0.1) is 0 Å². The van der Waals surface area contributed by atoms with E-state index < -0.39 is 0 Å². The van der Waals surface area contributed by atoms with Crippen molar-refractivity contribution in [1.29, 1.82) is 0 Å². The molecule has 0 spiro atoms. The third kappa shape index (κ3) is 3.86. The smallest absolute Gasteiger partial charge is 0.0457 e. The zero-order chi connectivity index (χ0) is 14.7. The van der Waals surface area contributed by atoms with Crippen molar-refractivity contribution >= 4 is 10.9 Å². The molecule has 0 radical (unpaired) electrons. The highest BCUT2D eigenvalue weighted by Crippen LogP contribution is 2.27. The molecule has 3 nitrogen and oxygen atoms in total. The van der Waals surface area contributed by atoms with Crippen LogP contribution in [0.4, 0.5) is 0 Å². The summed E-state index contributed by atoms with van der Waals surface area (Å²) in [6.07, 6.45) is 4.71. The minimum Gasteiger partial charge on any atom is -0.361 e. The summed E-state index contributed by atoms with van der Waals surface area (Å²) >= 11 is 0. The Morgan fingerprint density at radius 2 is 2.19 bits per heavy atom. The summed E-state index contributed by atoms with van der Waals surface area (Å²) in [5.41, 5.74) is 3.08. The molecule has 2 heterocycles. The fraction of sp³-hybridized carbons (Fsp3) is 0.556. The van der Waals surface area contributed by atoms with Gasteiger partial charge in [-0.2, -0.15) is 0 Å². The molecule has 1 aromatic carbocycles. The zero-order valence-electron chi connectivity index (χ0n) is 13.3. The largest absolute Gasteiger partial charge is 0.361 e. The van der Waals surface area contributed by atoms with Gasteiger partial charge in [-0.15, -0.1) is 0 Å². The van der Waals surface area contributed by atoms with Gasteiger partial charge in [-0.3, -0.25) is 0 Å². The van der Waals surface area contributed by atoms with Crippen molar-refractivity contribution in [3.05, 3.63) is 36.0 Å². The van der Waals surface area contributed by atoms with Crippen LogP contribution in [0, 0.1) is 5.41 Å². The lowest BCUT2D eigenvalue weighted by Crippen LogP contribution is -2.42. The van der Waals surface area contributed by atoms with E-state index in [2.05, 4.69) is 53.3 Å². The van der Waals surface area contributed by atoms with E-state index in [0.29, 0.717) is 5.41 Å². The first-order chi connectivity index (χ1) is 10.1. The standard InChI is InChI=1S/C18H27N3/c1-18(2)7-3-10-21(14-18)11-9-19-13-15-4-5-16-6-8-20-17(16)12-15/h4-6,8,12,19-20H,3,7,9-11,13-14H2,1-2H3. The number of aromatic amines is 1. The Kier molecular flexibility index (Phi) is 4.32. The molecule has 3 rings (SSSR count). The number of fused-ring (bicyclic) bond motifs is 1. The Morgan fingerprint density at radius 1 is 1.29 bits per heavy atom. The van der Waals surface area contributed by atoms with Crippen LogP contribution in [0.5, 0.6) is 0 Å². The highest BCUT2D eigenvalue weighted by molar-refractivity contribution is 5.79. The molecule has 1 aliphatic heterocycles. The molecule has 0 bridgehead atoms. The van der Waals surface area contributed by atoms with E-state index in [1.807, 2.05) is 6.20 Å². The average Bonchev–Trinajstić information content (AvgIpc) is 2.90. The van der Waals surface area contributed by atoms with Crippen LogP contribution in [0.3, 0.4) is 0 Å². The van der Waals surface area contributed by atoms with Crippen LogP contribution >= 0.6 is 0 Å². The fourth-order valence-corrected chi connectivity index (χ4v) is 3.41. The molecule has 0 amide bonds. The lowest BCUT2D eigenvalue weighted by Gasteiger charge is -2.38. The SMILES string of the molecule is CC1(C)CCCN(CCNCc2ccc3cc[nH]c3c2)C1. The molecule has 114 valence electrons. The highest BCUT2D eigenvalue weighted by Gasteiger charge is 2.25. The van der Waals surface area contributed by atoms with Crippen molar-refractivity contribution in [2.24, 2.45) is 5.41 Å². The van der Waals surface area contributed by atoms with E-state index >= 15 is 0 Å². The fourth-order valence-electron chi connectivity index (χ4n) is 3.41. The van der Waals surface area contributed by atoms with E-state index in [1.165, 1.54) is 42.4 Å². The molecule has 21 heavy (non-hydrogen) atoms. The van der Waals surface area contributed by atoms with E-state index in [0.717, 1.165) is 19.6 Å². The van der Waals surface area contributed by atoms with Gasteiger partial charge in [0.15, 0.2) is 0 Å². The third-order valence-electron chi connectivity index (χ3n) is 4.53. The predicted molar refractivity (Wildman–Crippen MR) is 89.5 cm³/mol. The number of rotatable bonds is 5. The van der Waals surface area contributed by atoms with Gasteiger partial charge in [0.2, 0.25) is 0 Å². The summed E-state index contributed by atoms with van der Waals surface area (Å²) in [5.74, 6) is 0. The summed E-state index contributed by atoms with van der Waals surface area (Å²) in [5, 5.41) is 4.86. The number of hydrogen-bond acceptors (Lipinski definition) is 2. The van der Waals surface area contributed by atoms with Crippen molar-refractivity contribution in [1.82, 2.24) is 15.2 Å². The maximum Gasteiger partial charge on any atom is 0.0457 e. The third-order valence-corrected chi connectivity index (χ3v) is 4.53. The topological polar surface area (TPSA) is 31.1 Å². The van der Waals surface area contributed by atoms with Crippen molar-refractivity contribution in [2.45, 2.75) is 33.2 Å². The molecule has 1 aromatic heterocycles. The minimum absolute atomic E-state index is 0.497. The summed E-state index contributed by atoms with van der Waals surface area (Å²) in [6.45, 7) is 10.5. The Hall–Kier alpha value is -1.32. The summed E-state index contributed by atoms with van der Waals surface area (Å²) in [7, 11) is 0. The first kappa shape index (κ1) is 14.6. The van der Waals surface area contributed by atoms with Gasteiger partial charge in [0, 0.05) is 37.9 Å². The van der Waals surface area contributed by atoms with Gasteiger partial charge < -0.3 is 15.2 Å². The lowest BCUT2D eigenvalue weighted by molar-refractivity contribution is 0.118. The second kappa shape index (κ2) is 6.20. The molecule has 1 saturated heterocycles. The predicted octanol–water partition coefficient (Wildman–Crippen LogP) is 3.38. The second-order valence-electron chi connectivity index (χ2n) is 7.12. The van der Waals surface area contributed by atoms with Crippen molar-refractivity contribution in [2.75, 3.05) is 26.2 Å². The second-order valence-corrected chi connectivity index (χ2v) is 7.12. The zero-order valence-corrected chi connectivity index (χ0v) is 13.3. The molecule has 2 N–H and O–H groups in total. The van der Waals surface area contributed by atoms with Crippen LogP contribution in [-0.4, -0.2) is 36.1 Å². The number of nitrogens with zero attached hydrogens (tertiary/aromatic N) is 1. The number of H-pyrrole nitrogens is 1. The lowest BCUT2D eigenvalue weighted by atomic mass is 9.84. The van der Waals surface area contributed by atoms with Gasteiger partial charge in [0.1, 0.15) is 0 Å². The Balaban J connectivity index is 1.43. The van der Waals surface area contributed by atoms with Crippen LogP contribution in [0.1, 0.15) is 32.3 Å². The number of nitrogens with one attached hydrogen (secondary N) is 2. The van der Waals surface area contributed by atoms with Crippen LogP contribution in [0.25, 0.3) is 10.9 Å². The number of piperidine rings is 1. The molecule has 0 saturated carbocycles. The molecular formula is C18H27N3. The molecule has 1 fully saturated rings. The van der Waals surface area contributed by atoms with Gasteiger partial charge in [-0.05, 0) is 47.9 Å². The Bertz CT molecular complexity index is 585. The first-order valence-corrected chi connectivity index (χ1v) is 8.12. The number of benzene rings is 1. The number of likely N-dealkylation sites (tertiary alicyclic amines) is 1. The maximum absolute atomic E-state index is 3.58. The summed E-state index contributed by atoms with van der Waals surface area (Å²) in [4.78, 5) is 5.88. The maximum atomic E-state index is 3.58. The number of hydrogen-bond donors (Lipinski definition) is 2. The highest BCUT2D eigenvalue weighted by atomic mass is 15.1. The molecule has 0 atom stereocenters. The monoisotopic (exact) mass is 285 g/mol. The summed E-state index contributed by atoms with van der Waals surface area (Å²) < 4.78 is 0. The normalized spacial score (nSPS) is 19.1. The molecule has 1 aliphatic rings. The van der Waals surface area contributed by atoms with E-state index in [9.17, 15) is 0 Å². The van der Waals surface area contributed by atoms with Gasteiger partial charge in [0.25, 0.3) is 0 Å². The van der Waals surface area contributed by atoms with Gasteiger partial charge in [-0.25, -0.2) is 0 Å². The minimum atomic E-state index is 0.497. The summed E-state index contributed by atoms with van der Waals surface area (Å²) in [6, 6.07) is 8.76. The van der Waals surface area contributed by atoms with Gasteiger partial charge >= 0.3 is 0 Å². The molecular weight excluding hydrogens is 258 g/mol. The van der Waals surface area contributed by atoms with E-state index in [1.54, 1.807) is 0 Å². The van der Waals surface area contributed by atoms with Crippen LogP contribution in [0.15, 0.2) is 30.5 Å². The first-order valence-electron chi connectivity index (χ1n) is 8.12. The van der Waals surface area contributed by atoms with E-state index in [-0.39, 0.29) is 0 Å². The quantitative estimate of drug-likeness (QED) is 0.825. The molecule has 0 unspecified atom stereocenters. The van der Waals surface area contributed by atoms with Crippen LogP contribution in [0.2, 0.25) is 0 Å². The van der Waals surface area contributed by atoms with Crippen molar-refractivity contribution in [3.8, 4) is 0 Å². The molecule has 2 aromatic rings. The van der Waals surface area contributed by atoms with Crippen LogP contribution in [-0.2, 0) is 6.54 Å². The molecule has 0 aliphatic carbocycles. The van der Waals surface area contributed by atoms with Crippen molar-refractivity contribution < 1.29 is 0 Å². The van der Waals surface area contributed by atoms with E-state index in [4.69, 9.17) is 0 Å². The Morgan fingerprint density at radius 3 is 3.05 bits per heavy atom. The van der Waals surface area contributed by atoms with Crippen LogP contribution < -0.4 is 5.32 Å². The van der Waals surface area contributed by atoms with Crippen molar-refractivity contribution in [3.63, 3.8) is 0 Å². The molecule has 3 heteroatoms. The number of aromatic nitrogens is 1. The Labute approximate surface area is 127 Å². The van der Waals surface area contributed by atoms with Gasteiger partial charge in [-0.1, -0.05) is 26.0 Å². The average molecular weight is 285 g/mol.